The third-order valence-corrected chi connectivity index (χ3v) is 2.50. The molecule has 1 aromatic rings. The van der Waals surface area contributed by atoms with E-state index < -0.39 is 19.1 Å². The zero-order valence-corrected chi connectivity index (χ0v) is 9.59. The van der Waals surface area contributed by atoms with Gasteiger partial charge in [0.25, 0.3) is 0 Å². The molecule has 0 radical (unpaired) electrons. The quantitative estimate of drug-likeness (QED) is 0.920. The van der Waals surface area contributed by atoms with E-state index in [-0.39, 0.29) is 5.88 Å². The van der Waals surface area contributed by atoms with Crippen molar-refractivity contribution in [3.05, 3.63) is 22.3 Å². The van der Waals surface area contributed by atoms with Gasteiger partial charge in [0.15, 0.2) is 6.61 Å². The van der Waals surface area contributed by atoms with Crippen LogP contribution in [0.5, 0.6) is 5.88 Å². The number of aliphatic hydroxyl groups is 1. The molecule has 0 aliphatic rings. The van der Waals surface area contributed by atoms with Crippen LogP contribution in [-0.4, -0.2) is 29.2 Å². The van der Waals surface area contributed by atoms with Crippen LogP contribution in [0.15, 0.2) is 16.6 Å². The highest BCUT2D eigenvalue weighted by Crippen LogP contribution is 2.19. The summed E-state index contributed by atoms with van der Waals surface area (Å²) in [5.41, 5.74) is 0.653. The SMILES string of the molecule is Cc1nc(OCC(F)(F)CO)ccc1Br. The Morgan fingerprint density at radius 2 is 2.20 bits per heavy atom. The Morgan fingerprint density at radius 1 is 1.53 bits per heavy atom. The molecule has 0 unspecified atom stereocenters. The van der Waals surface area contributed by atoms with Crippen molar-refractivity contribution in [3.8, 4) is 5.88 Å². The second-order valence-corrected chi connectivity index (χ2v) is 3.87. The van der Waals surface area contributed by atoms with Gasteiger partial charge < -0.3 is 9.84 Å². The molecule has 0 amide bonds. The molecule has 1 N–H and O–H groups in total. The van der Waals surface area contributed by atoms with Gasteiger partial charge in [0, 0.05) is 10.5 Å². The van der Waals surface area contributed by atoms with Crippen molar-refractivity contribution in [2.45, 2.75) is 12.8 Å². The van der Waals surface area contributed by atoms with Crippen LogP contribution in [0.4, 0.5) is 8.78 Å². The Labute approximate surface area is 94.2 Å². The molecule has 84 valence electrons. The first kappa shape index (κ1) is 12.3. The zero-order chi connectivity index (χ0) is 11.5. The molecule has 0 saturated carbocycles. The van der Waals surface area contributed by atoms with E-state index in [1.807, 2.05) is 0 Å². The van der Waals surface area contributed by atoms with Crippen molar-refractivity contribution in [2.24, 2.45) is 0 Å². The molecule has 6 heteroatoms. The van der Waals surface area contributed by atoms with Gasteiger partial charge >= 0.3 is 5.92 Å². The highest BCUT2D eigenvalue weighted by Gasteiger charge is 2.29. The molecule has 3 nitrogen and oxygen atoms in total. The average Bonchev–Trinajstić information content (AvgIpc) is 2.20. The monoisotopic (exact) mass is 281 g/mol. The van der Waals surface area contributed by atoms with Crippen LogP contribution in [0.2, 0.25) is 0 Å². The summed E-state index contributed by atoms with van der Waals surface area (Å²) in [6.07, 6.45) is 0. The summed E-state index contributed by atoms with van der Waals surface area (Å²) in [5.74, 6) is -3.12. The summed E-state index contributed by atoms with van der Waals surface area (Å²) >= 11 is 3.23. The minimum Gasteiger partial charge on any atom is -0.471 e. The number of rotatable bonds is 4. The number of alkyl halides is 2. The lowest BCUT2D eigenvalue weighted by molar-refractivity contribution is -0.0809. The van der Waals surface area contributed by atoms with Gasteiger partial charge in [0.05, 0.1) is 5.69 Å². The fraction of sp³-hybridized carbons (Fsp3) is 0.444. The van der Waals surface area contributed by atoms with Gasteiger partial charge in [-0.1, -0.05) is 0 Å². The first-order valence-corrected chi connectivity index (χ1v) is 4.98. The maximum Gasteiger partial charge on any atom is 0.303 e. The molecular weight excluding hydrogens is 272 g/mol. The largest absolute Gasteiger partial charge is 0.471 e. The van der Waals surface area contributed by atoms with E-state index in [0.29, 0.717) is 5.69 Å². The topological polar surface area (TPSA) is 42.4 Å². The number of aromatic nitrogens is 1. The number of ether oxygens (including phenoxy) is 1. The summed E-state index contributed by atoms with van der Waals surface area (Å²) in [7, 11) is 0. The molecule has 15 heavy (non-hydrogen) atoms. The summed E-state index contributed by atoms with van der Waals surface area (Å²) in [5, 5.41) is 8.31. The van der Waals surface area contributed by atoms with Crippen molar-refractivity contribution in [1.82, 2.24) is 4.98 Å². The van der Waals surface area contributed by atoms with Gasteiger partial charge in [0.2, 0.25) is 5.88 Å². The molecule has 0 spiro atoms. The minimum absolute atomic E-state index is 0.115. The molecule has 0 saturated heterocycles. The highest BCUT2D eigenvalue weighted by atomic mass is 79.9. The van der Waals surface area contributed by atoms with Crippen molar-refractivity contribution in [1.29, 1.82) is 0 Å². The third-order valence-electron chi connectivity index (χ3n) is 1.66. The van der Waals surface area contributed by atoms with Gasteiger partial charge in [-0.15, -0.1) is 0 Å². The molecule has 0 bridgehead atoms. The molecule has 0 fully saturated rings. The third kappa shape index (κ3) is 3.71. The first-order valence-electron chi connectivity index (χ1n) is 4.19. The Balaban J connectivity index is 2.62. The van der Waals surface area contributed by atoms with E-state index in [0.717, 1.165) is 4.47 Å². The van der Waals surface area contributed by atoms with Gasteiger partial charge in [-0.3, -0.25) is 0 Å². The van der Waals surface area contributed by atoms with Crippen LogP contribution in [-0.2, 0) is 0 Å². The van der Waals surface area contributed by atoms with Crippen LogP contribution in [0.3, 0.4) is 0 Å². The van der Waals surface area contributed by atoms with E-state index in [1.165, 1.54) is 6.07 Å². The van der Waals surface area contributed by atoms with E-state index in [2.05, 4.69) is 20.9 Å². The Morgan fingerprint density at radius 3 is 2.73 bits per heavy atom. The van der Waals surface area contributed by atoms with E-state index in [9.17, 15) is 8.78 Å². The molecule has 0 aliphatic carbocycles. The van der Waals surface area contributed by atoms with Gasteiger partial charge in [-0.25, -0.2) is 13.8 Å². The molecule has 1 rings (SSSR count). The predicted molar refractivity (Wildman–Crippen MR) is 54.2 cm³/mol. The Kier molecular flexibility index (Phi) is 3.98. The van der Waals surface area contributed by atoms with Crippen molar-refractivity contribution >= 4 is 15.9 Å². The predicted octanol–water partition coefficient (Wildman–Crippen LogP) is 2.16. The number of hydrogen-bond donors (Lipinski definition) is 1. The van der Waals surface area contributed by atoms with Crippen molar-refractivity contribution < 1.29 is 18.6 Å². The minimum atomic E-state index is -3.23. The van der Waals surface area contributed by atoms with Gasteiger partial charge in [-0.05, 0) is 28.9 Å². The molecule has 1 heterocycles. The lowest BCUT2D eigenvalue weighted by atomic mass is 10.4. The molecule has 1 aromatic heterocycles. The maximum atomic E-state index is 12.6. The molecular formula is C9H10BrF2NO2. The lowest BCUT2D eigenvalue weighted by Gasteiger charge is -2.13. The number of nitrogens with zero attached hydrogens (tertiary/aromatic N) is 1. The summed E-state index contributed by atoms with van der Waals surface area (Å²) in [6, 6.07) is 3.14. The van der Waals surface area contributed by atoms with Crippen LogP contribution in [0.25, 0.3) is 0 Å². The highest BCUT2D eigenvalue weighted by molar-refractivity contribution is 9.10. The van der Waals surface area contributed by atoms with E-state index in [1.54, 1.807) is 13.0 Å². The lowest BCUT2D eigenvalue weighted by Crippen LogP contribution is -2.29. The second-order valence-electron chi connectivity index (χ2n) is 3.02. The molecule has 0 atom stereocenters. The zero-order valence-electron chi connectivity index (χ0n) is 8.01. The second kappa shape index (κ2) is 4.85. The molecule has 0 aromatic carbocycles. The van der Waals surface area contributed by atoms with E-state index in [4.69, 9.17) is 9.84 Å². The number of halogens is 3. The maximum absolute atomic E-state index is 12.6. The standard InChI is InChI=1S/C9H10BrF2NO2/c1-6-7(10)2-3-8(13-6)15-5-9(11,12)4-14/h2-3,14H,4-5H2,1H3. The Hall–Kier alpha value is -0.750. The number of aryl methyl sites for hydroxylation is 1. The van der Waals surface area contributed by atoms with Crippen LogP contribution in [0, 0.1) is 6.92 Å². The Bertz CT molecular complexity index is 347. The number of hydrogen-bond acceptors (Lipinski definition) is 3. The average molecular weight is 282 g/mol. The smallest absolute Gasteiger partial charge is 0.303 e. The van der Waals surface area contributed by atoms with Crippen molar-refractivity contribution in [2.75, 3.05) is 13.2 Å². The first-order chi connectivity index (χ1) is 6.94. The number of pyridine rings is 1. The molecule has 0 aliphatic heterocycles. The summed E-state index contributed by atoms with van der Waals surface area (Å²) in [6.45, 7) is -0.388. The normalized spacial score (nSPS) is 11.5. The summed E-state index contributed by atoms with van der Waals surface area (Å²) < 4.78 is 30.7. The van der Waals surface area contributed by atoms with E-state index >= 15 is 0 Å². The summed E-state index contributed by atoms with van der Waals surface area (Å²) in [4.78, 5) is 3.93. The fourth-order valence-electron chi connectivity index (χ4n) is 0.827. The van der Waals surface area contributed by atoms with Gasteiger partial charge in [-0.2, -0.15) is 0 Å². The van der Waals surface area contributed by atoms with Crippen LogP contribution >= 0.6 is 15.9 Å². The van der Waals surface area contributed by atoms with Crippen LogP contribution in [0.1, 0.15) is 5.69 Å². The van der Waals surface area contributed by atoms with Gasteiger partial charge in [0.1, 0.15) is 6.61 Å². The van der Waals surface area contributed by atoms with Crippen molar-refractivity contribution in [3.63, 3.8) is 0 Å². The van der Waals surface area contributed by atoms with Crippen LogP contribution < -0.4 is 4.74 Å². The fourth-order valence-corrected chi connectivity index (χ4v) is 1.05. The number of aliphatic hydroxyl groups excluding tert-OH is 1.